The van der Waals surface area contributed by atoms with Crippen molar-refractivity contribution in [2.75, 3.05) is 23.9 Å². The van der Waals surface area contributed by atoms with Crippen LogP contribution in [0.5, 0.6) is 11.5 Å². The van der Waals surface area contributed by atoms with Crippen molar-refractivity contribution in [3.05, 3.63) is 85.8 Å². The number of hydrogen-bond donors (Lipinski definition) is 2. The number of aryl methyl sites for hydroxylation is 2. The molecule has 0 aliphatic carbocycles. The van der Waals surface area contributed by atoms with Gasteiger partial charge in [0, 0.05) is 10.2 Å². The summed E-state index contributed by atoms with van der Waals surface area (Å²) in [6.45, 7) is 3.59. The molecule has 11 heteroatoms. The van der Waals surface area contributed by atoms with E-state index in [-0.39, 0.29) is 29.6 Å². The zero-order chi connectivity index (χ0) is 28.3. The molecule has 200 valence electrons. The second-order valence-electron chi connectivity index (χ2n) is 8.62. The first-order chi connectivity index (χ1) is 18.6. The van der Waals surface area contributed by atoms with Crippen molar-refractivity contribution in [1.29, 1.82) is 0 Å². The number of imide groups is 2. The van der Waals surface area contributed by atoms with Crippen molar-refractivity contribution in [3.63, 3.8) is 0 Å². The molecule has 9 nitrogen and oxygen atoms in total. The third-order valence-electron chi connectivity index (χ3n) is 5.75. The molecular formula is C28H23Br2N3O6. The minimum absolute atomic E-state index is 0.243. The summed E-state index contributed by atoms with van der Waals surface area (Å²) in [5, 5.41) is 5.01. The molecule has 0 aromatic heterocycles. The molecule has 0 saturated carbocycles. The predicted octanol–water partition coefficient (Wildman–Crippen LogP) is 5.52. The van der Waals surface area contributed by atoms with Gasteiger partial charge in [0.15, 0.2) is 18.1 Å². The highest BCUT2D eigenvalue weighted by atomic mass is 79.9. The number of methoxy groups -OCH3 is 1. The van der Waals surface area contributed by atoms with Crippen molar-refractivity contribution in [3.8, 4) is 11.5 Å². The van der Waals surface area contributed by atoms with E-state index >= 15 is 0 Å². The Morgan fingerprint density at radius 2 is 1.74 bits per heavy atom. The number of barbiturate groups is 1. The van der Waals surface area contributed by atoms with E-state index < -0.39 is 17.8 Å². The van der Waals surface area contributed by atoms with Crippen LogP contribution in [-0.4, -0.2) is 37.5 Å². The number of ether oxygens (including phenoxy) is 2. The maximum Gasteiger partial charge on any atom is 0.335 e. The fraction of sp³-hybridized carbons (Fsp3) is 0.143. The maximum atomic E-state index is 13.2. The number of benzene rings is 3. The first-order valence-electron chi connectivity index (χ1n) is 11.6. The fourth-order valence-electron chi connectivity index (χ4n) is 3.89. The van der Waals surface area contributed by atoms with Gasteiger partial charge < -0.3 is 14.8 Å². The van der Waals surface area contributed by atoms with E-state index in [0.717, 1.165) is 20.5 Å². The molecule has 0 radical (unpaired) electrons. The summed E-state index contributed by atoms with van der Waals surface area (Å²) in [4.78, 5) is 51.6. The normalized spacial score (nSPS) is 14.3. The van der Waals surface area contributed by atoms with E-state index in [1.165, 1.54) is 13.2 Å². The van der Waals surface area contributed by atoms with E-state index in [0.29, 0.717) is 21.4 Å². The van der Waals surface area contributed by atoms with E-state index in [1.807, 2.05) is 32.0 Å². The second-order valence-corrected chi connectivity index (χ2v) is 10.4. The third-order valence-corrected chi connectivity index (χ3v) is 6.87. The summed E-state index contributed by atoms with van der Waals surface area (Å²) < 4.78 is 12.4. The molecule has 39 heavy (non-hydrogen) atoms. The summed E-state index contributed by atoms with van der Waals surface area (Å²) in [5.41, 5.74) is 3.20. The second kappa shape index (κ2) is 11.8. The zero-order valence-electron chi connectivity index (χ0n) is 21.1. The minimum atomic E-state index is -0.842. The van der Waals surface area contributed by atoms with E-state index in [1.54, 1.807) is 36.4 Å². The Kier molecular flexibility index (Phi) is 8.51. The number of halogens is 2. The quantitative estimate of drug-likeness (QED) is 0.256. The highest BCUT2D eigenvalue weighted by Gasteiger charge is 2.36. The lowest BCUT2D eigenvalue weighted by molar-refractivity contribution is -0.122. The smallest absolute Gasteiger partial charge is 0.335 e. The van der Waals surface area contributed by atoms with Crippen LogP contribution in [0.4, 0.5) is 16.2 Å². The molecule has 4 rings (SSSR count). The summed E-state index contributed by atoms with van der Waals surface area (Å²) >= 11 is 6.73. The number of nitrogens with one attached hydrogen (secondary N) is 2. The van der Waals surface area contributed by atoms with Crippen LogP contribution in [0.25, 0.3) is 6.08 Å². The molecular weight excluding hydrogens is 634 g/mol. The van der Waals surface area contributed by atoms with E-state index in [4.69, 9.17) is 9.47 Å². The molecule has 5 amide bonds. The average Bonchev–Trinajstić information content (AvgIpc) is 2.88. The summed E-state index contributed by atoms with van der Waals surface area (Å²) in [5.74, 6) is -1.42. The molecule has 1 aliphatic heterocycles. The summed E-state index contributed by atoms with van der Waals surface area (Å²) in [7, 11) is 1.42. The van der Waals surface area contributed by atoms with Gasteiger partial charge in [0.25, 0.3) is 17.7 Å². The van der Waals surface area contributed by atoms with Crippen LogP contribution in [0.2, 0.25) is 0 Å². The third kappa shape index (κ3) is 6.37. The number of rotatable bonds is 7. The van der Waals surface area contributed by atoms with Gasteiger partial charge in [-0.3, -0.25) is 19.7 Å². The highest BCUT2D eigenvalue weighted by Crippen LogP contribution is 2.37. The SMILES string of the molecule is COc1cc(/C=C2\C(=O)NC(=O)N(c3ccc(Br)cc3)C2=O)cc(Br)c1OCC(=O)Nc1ccc(C)cc1C. The molecule has 2 N–H and O–H groups in total. The van der Waals surface area contributed by atoms with Crippen LogP contribution >= 0.6 is 31.9 Å². The molecule has 1 fully saturated rings. The lowest BCUT2D eigenvalue weighted by Gasteiger charge is -2.26. The standard InChI is InChI=1S/C28H23Br2N3O6/c1-15-4-9-22(16(2)10-15)31-24(34)14-39-25-21(30)12-17(13-23(25)38-3)11-20-26(35)32-28(37)33(27(20)36)19-7-5-18(29)6-8-19/h4-13H,14H2,1-3H3,(H,31,34)(H,32,35,37)/b20-11+. The monoisotopic (exact) mass is 655 g/mol. The van der Waals surface area contributed by atoms with E-state index in [2.05, 4.69) is 42.5 Å². The average molecular weight is 657 g/mol. The largest absolute Gasteiger partial charge is 0.493 e. The van der Waals surface area contributed by atoms with Crippen LogP contribution in [0.3, 0.4) is 0 Å². The number of nitrogens with zero attached hydrogens (tertiary/aromatic N) is 1. The number of anilines is 2. The molecule has 1 heterocycles. The molecule has 3 aromatic carbocycles. The van der Waals surface area contributed by atoms with Gasteiger partial charge in [-0.25, -0.2) is 9.69 Å². The molecule has 0 bridgehead atoms. The number of carbonyl (C=O) groups is 4. The van der Waals surface area contributed by atoms with Gasteiger partial charge in [-0.05, 0) is 89.4 Å². The number of amides is 5. The van der Waals surface area contributed by atoms with Crippen molar-refractivity contribution in [1.82, 2.24) is 5.32 Å². The van der Waals surface area contributed by atoms with Gasteiger partial charge in [0.2, 0.25) is 0 Å². The molecule has 3 aromatic rings. The first-order valence-corrected chi connectivity index (χ1v) is 13.2. The zero-order valence-corrected chi connectivity index (χ0v) is 24.3. The Hall–Kier alpha value is -3.96. The lowest BCUT2D eigenvalue weighted by atomic mass is 10.1. The van der Waals surface area contributed by atoms with Crippen molar-refractivity contribution >= 4 is 73.1 Å². The Balaban J connectivity index is 1.55. The van der Waals surface area contributed by atoms with Gasteiger partial charge in [-0.15, -0.1) is 0 Å². The van der Waals surface area contributed by atoms with Crippen LogP contribution < -0.4 is 25.0 Å². The van der Waals surface area contributed by atoms with Gasteiger partial charge in [-0.1, -0.05) is 33.6 Å². The fourth-order valence-corrected chi connectivity index (χ4v) is 4.73. The maximum absolute atomic E-state index is 13.2. The van der Waals surface area contributed by atoms with Crippen molar-refractivity contribution in [2.45, 2.75) is 13.8 Å². The molecule has 1 aliphatic rings. The lowest BCUT2D eigenvalue weighted by Crippen LogP contribution is -2.54. The summed E-state index contributed by atoms with van der Waals surface area (Å²) in [6, 6.07) is 14.5. The van der Waals surface area contributed by atoms with Crippen LogP contribution in [-0.2, 0) is 14.4 Å². The number of urea groups is 1. The number of carbonyl (C=O) groups excluding carboxylic acids is 4. The minimum Gasteiger partial charge on any atom is -0.493 e. The van der Waals surface area contributed by atoms with Crippen LogP contribution in [0.1, 0.15) is 16.7 Å². The van der Waals surface area contributed by atoms with Gasteiger partial charge >= 0.3 is 6.03 Å². The number of hydrogen-bond acceptors (Lipinski definition) is 6. The molecule has 0 spiro atoms. The van der Waals surface area contributed by atoms with Crippen LogP contribution in [0.15, 0.2) is 69.1 Å². The van der Waals surface area contributed by atoms with Crippen molar-refractivity contribution < 1.29 is 28.7 Å². The van der Waals surface area contributed by atoms with Crippen molar-refractivity contribution in [2.24, 2.45) is 0 Å². The van der Waals surface area contributed by atoms with E-state index in [9.17, 15) is 19.2 Å². The molecule has 0 unspecified atom stereocenters. The van der Waals surface area contributed by atoms with Gasteiger partial charge in [0.05, 0.1) is 17.3 Å². The highest BCUT2D eigenvalue weighted by molar-refractivity contribution is 9.10. The van der Waals surface area contributed by atoms with Gasteiger partial charge in [0.1, 0.15) is 5.57 Å². The molecule has 1 saturated heterocycles. The Bertz CT molecular complexity index is 1520. The Labute approximate surface area is 241 Å². The Morgan fingerprint density at radius 3 is 2.41 bits per heavy atom. The Morgan fingerprint density at radius 1 is 1.03 bits per heavy atom. The summed E-state index contributed by atoms with van der Waals surface area (Å²) in [6.07, 6.45) is 1.35. The van der Waals surface area contributed by atoms with Gasteiger partial charge in [-0.2, -0.15) is 0 Å². The topological polar surface area (TPSA) is 114 Å². The van der Waals surface area contributed by atoms with Crippen LogP contribution in [0, 0.1) is 13.8 Å². The first kappa shape index (κ1) is 28.1. The predicted molar refractivity (Wildman–Crippen MR) is 154 cm³/mol. The molecule has 0 atom stereocenters.